The minimum absolute atomic E-state index is 0.318. The molecule has 1 aliphatic rings. The van der Waals surface area contributed by atoms with Crippen molar-refractivity contribution in [1.29, 1.82) is 0 Å². The molecule has 6 heteroatoms. The predicted octanol–water partition coefficient (Wildman–Crippen LogP) is 1.99. The Hall–Kier alpha value is -1.30. The van der Waals surface area contributed by atoms with Crippen LogP contribution >= 0.6 is 11.8 Å². The molecule has 0 saturated carbocycles. The van der Waals surface area contributed by atoms with Gasteiger partial charge in [0.25, 0.3) is 0 Å². The van der Waals surface area contributed by atoms with Crippen molar-refractivity contribution in [2.75, 3.05) is 29.5 Å². The number of anilines is 1. The Labute approximate surface area is 117 Å². The highest BCUT2D eigenvalue weighted by Crippen LogP contribution is 2.16. The van der Waals surface area contributed by atoms with Crippen LogP contribution in [0.25, 0.3) is 0 Å². The maximum absolute atomic E-state index is 12.0. The van der Waals surface area contributed by atoms with Crippen LogP contribution in [0.2, 0.25) is 0 Å². The Morgan fingerprint density at radius 2 is 2.05 bits per heavy atom. The van der Waals surface area contributed by atoms with E-state index >= 15 is 0 Å². The number of nitrogens with zero attached hydrogens (tertiary/aromatic N) is 3. The molecule has 0 atom stereocenters. The van der Waals surface area contributed by atoms with Gasteiger partial charge in [0.15, 0.2) is 5.69 Å². The molecule has 104 valence electrons. The molecule has 1 aromatic heterocycles. The largest absolute Gasteiger partial charge is 0.455 e. The van der Waals surface area contributed by atoms with Gasteiger partial charge in [-0.1, -0.05) is 0 Å². The van der Waals surface area contributed by atoms with Crippen LogP contribution in [0.1, 0.15) is 31.3 Å². The van der Waals surface area contributed by atoms with Crippen molar-refractivity contribution in [3.63, 3.8) is 0 Å². The minimum atomic E-state index is -0.510. The van der Waals surface area contributed by atoms with Gasteiger partial charge in [0.2, 0.25) is 5.95 Å². The average molecular weight is 281 g/mol. The van der Waals surface area contributed by atoms with Crippen LogP contribution in [-0.4, -0.2) is 46.1 Å². The lowest BCUT2D eigenvalue weighted by Crippen LogP contribution is -2.34. The van der Waals surface area contributed by atoms with Gasteiger partial charge < -0.3 is 9.64 Å². The molecule has 1 fully saturated rings. The van der Waals surface area contributed by atoms with Crippen LogP contribution in [0.15, 0.2) is 12.3 Å². The topological polar surface area (TPSA) is 55.3 Å². The van der Waals surface area contributed by atoms with E-state index in [0.29, 0.717) is 11.6 Å². The fourth-order valence-electron chi connectivity index (χ4n) is 1.71. The summed E-state index contributed by atoms with van der Waals surface area (Å²) >= 11 is 1.92. The van der Waals surface area contributed by atoms with Gasteiger partial charge >= 0.3 is 5.97 Å². The fraction of sp³-hybridized carbons (Fsp3) is 0.615. The molecule has 2 heterocycles. The van der Waals surface area contributed by atoms with Gasteiger partial charge in [0, 0.05) is 30.8 Å². The molecule has 0 spiro atoms. The van der Waals surface area contributed by atoms with Gasteiger partial charge in [-0.25, -0.2) is 14.8 Å². The number of rotatable bonds is 2. The molecular formula is C13H19N3O2S. The van der Waals surface area contributed by atoms with Crippen molar-refractivity contribution in [3.05, 3.63) is 18.0 Å². The SMILES string of the molecule is CC(C)(C)OC(=O)c1ccnc(N2CCSCC2)n1. The number of thioether (sulfide) groups is 1. The first-order valence-corrected chi connectivity index (χ1v) is 7.50. The van der Waals surface area contributed by atoms with Gasteiger partial charge in [0.05, 0.1) is 0 Å². The highest BCUT2D eigenvalue weighted by molar-refractivity contribution is 7.99. The van der Waals surface area contributed by atoms with Crippen LogP contribution in [0.3, 0.4) is 0 Å². The second-order valence-electron chi connectivity index (χ2n) is 5.34. The molecule has 0 bridgehead atoms. The number of ether oxygens (including phenoxy) is 1. The molecule has 5 nitrogen and oxygen atoms in total. The van der Waals surface area contributed by atoms with E-state index in [1.807, 2.05) is 32.5 Å². The quantitative estimate of drug-likeness (QED) is 0.773. The van der Waals surface area contributed by atoms with Crippen molar-refractivity contribution in [2.45, 2.75) is 26.4 Å². The molecule has 1 aromatic rings. The van der Waals surface area contributed by atoms with Crippen molar-refractivity contribution in [1.82, 2.24) is 9.97 Å². The van der Waals surface area contributed by atoms with Crippen LogP contribution < -0.4 is 4.90 Å². The Morgan fingerprint density at radius 3 is 2.68 bits per heavy atom. The van der Waals surface area contributed by atoms with Gasteiger partial charge in [-0.05, 0) is 26.8 Å². The number of hydrogen-bond donors (Lipinski definition) is 0. The third kappa shape index (κ3) is 4.09. The molecule has 0 amide bonds. The lowest BCUT2D eigenvalue weighted by atomic mass is 10.2. The lowest BCUT2D eigenvalue weighted by molar-refractivity contribution is 0.00627. The first kappa shape index (κ1) is 14.1. The van der Waals surface area contributed by atoms with Gasteiger partial charge in [0.1, 0.15) is 5.60 Å². The fourth-order valence-corrected chi connectivity index (χ4v) is 2.61. The van der Waals surface area contributed by atoms with Crippen molar-refractivity contribution in [3.8, 4) is 0 Å². The Bertz CT molecular complexity index is 453. The summed E-state index contributed by atoms with van der Waals surface area (Å²) in [6.07, 6.45) is 1.61. The van der Waals surface area contributed by atoms with Gasteiger partial charge in [-0.2, -0.15) is 11.8 Å². The third-order valence-corrected chi connectivity index (χ3v) is 3.49. The monoisotopic (exact) mass is 281 g/mol. The number of hydrogen-bond acceptors (Lipinski definition) is 6. The van der Waals surface area contributed by atoms with E-state index in [1.165, 1.54) is 0 Å². The summed E-state index contributed by atoms with van der Waals surface area (Å²) in [5, 5.41) is 0. The number of carbonyl (C=O) groups excluding carboxylic acids is 1. The molecule has 0 radical (unpaired) electrons. The maximum atomic E-state index is 12.0. The molecule has 0 unspecified atom stereocenters. The Balaban J connectivity index is 2.12. The molecule has 0 aliphatic carbocycles. The lowest BCUT2D eigenvalue weighted by Gasteiger charge is -2.26. The van der Waals surface area contributed by atoms with Crippen molar-refractivity contribution < 1.29 is 9.53 Å². The van der Waals surface area contributed by atoms with Crippen LogP contribution in [0, 0.1) is 0 Å². The maximum Gasteiger partial charge on any atom is 0.357 e. The zero-order valence-corrected chi connectivity index (χ0v) is 12.4. The number of esters is 1. The summed E-state index contributed by atoms with van der Waals surface area (Å²) < 4.78 is 5.31. The number of carbonyl (C=O) groups is 1. The van der Waals surface area contributed by atoms with E-state index in [9.17, 15) is 4.79 Å². The second kappa shape index (κ2) is 5.77. The summed E-state index contributed by atoms with van der Waals surface area (Å²) in [4.78, 5) is 22.6. The molecule has 2 rings (SSSR count). The molecular weight excluding hydrogens is 262 g/mol. The first-order chi connectivity index (χ1) is 8.96. The van der Waals surface area contributed by atoms with Gasteiger partial charge in [-0.15, -0.1) is 0 Å². The molecule has 0 N–H and O–H groups in total. The summed E-state index contributed by atoms with van der Waals surface area (Å²) in [7, 11) is 0. The van der Waals surface area contributed by atoms with E-state index in [2.05, 4.69) is 14.9 Å². The summed E-state index contributed by atoms with van der Waals surface area (Å²) in [6.45, 7) is 7.36. The third-order valence-electron chi connectivity index (χ3n) is 2.54. The van der Waals surface area contributed by atoms with E-state index in [-0.39, 0.29) is 0 Å². The summed E-state index contributed by atoms with van der Waals surface area (Å²) in [5.74, 6) is 2.35. The zero-order chi connectivity index (χ0) is 13.9. The summed E-state index contributed by atoms with van der Waals surface area (Å²) in [6, 6.07) is 1.59. The van der Waals surface area contributed by atoms with E-state index < -0.39 is 11.6 Å². The average Bonchev–Trinajstić information content (AvgIpc) is 2.38. The highest BCUT2D eigenvalue weighted by Gasteiger charge is 2.21. The van der Waals surface area contributed by atoms with E-state index in [4.69, 9.17) is 4.74 Å². The van der Waals surface area contributed by atoms with Crippen molar-refractivity contribution >= 4 is 23.7 Å². The van der Waals surface area contributed by atoms with Crippen LogP contribution in [-0.2, 0) is 4.74 Å². The first-order valence-electron chi connectivity index (χ1n) is 6.35. The standard InChI is InChI=1S/C13H19N3O2S/c1-13(2,3)18-11(17)10-4-5-14-12(15-10)16-6-8-19-9-7-16/h4-5H,6-9H2,1-3H3. The Morgan fingerprint density at radius 1 is 1.37 bits per heavy atom. The van der Waals surface area contributed by atoms with Gasteiger partial charge in [-0.3, -0.25) is 0 Å². The molecule has 1 aliphatic heterocycles. The molecule has 19 heavy (non-hydrogen) atoms. The van der Waals surface area contributed by atoms with E-state index in [0.717, 1.165) is 24.6 Å². The number of aromatic nitrogens is 2. The highest BCUT2D eigenvalue weighted by atomic mass is 32.2. The zero-order valence-electron chi connectivity index (χ0n) is 11.5. The Kier molecular flexibility index (Phi) is 4.29. The van der Waals surface area contributed by atoms with Crippen molar-refractivity contribution in [2.24, 2.45) is 0 Å². The predicted molar refractivity (Wildman–Crippen MR) is 76.7 cm³/mol. The minimum Gasteiger partial charge on any atom is -0.455 e. The molecule has 0 aromatic carbocycles. The normalized spacial score (nSPS) is 16.3. The van der Waals surface area contributed by atoms with Crippen LogP contribution in [0.4, 0.5) is 5.95 Å². The van der Waals surface area contributed by atoms with E-state index in [1.54, 1.807) is 12.3 Å². The summed E-state index contributed by atoms with van der Waals surface area (Å²) in [5.41, 5.74) is -0.192. The molecule has 1 saturated heterocycles. The smallest absolute Gasteiger partial charge is 0.357 e. The van der Waals surface area contributed by atoms with Crippen LogP contribution in [0.5, 0.6) is 0 Å². The second-order valence-corrected chi connectivity index (χ2v) is 6.57.